The summed E-state index contributed by atoms with van der Waals surface area (Å²) in [6.07, 6.45) is 1.46. The molecule has 2 N–H and O–H groups in total. The Hall–Kier alpha value is -1.82. The van der Waals surface area contributed by atoms with Crippen molar-refractivity contribution in [3.05, 3.63) is 56.5 Å². The SMILES string of the molecule is Cl.Cn1c(=N)c(-c2c(Cl)cccc2Cl)cc2cnc(=O)[nH]c21. The van der Waals surface area contributed by atoms with E-state index in [1.165, 1.54) is 6.20 Å². The highest BCUT2D eigenvalue weighted by Gasteiger charge is 2.13. The number of nitrogens with zero attached hydrogens (tertiary/aromatic N) is 2. The first kappa shape index (κ1) is 16.5. The molecule has 0 saturated carbocycles. The fourth-order valence-electron chi connectivity index (χ4n) is 2.24. The number of rotatable bonds is 1. The Bertz CT molecular complexity index is 958. The first-order valence-corrected chi connectivity index (χ1v) is 6.82. The standard InChI is InChI=1S/C14H10Cl2N4O.ClH/c1-20-12(17)8(11-9(15)3-2-4-10(11)16)5-7-6-18-14(21)19-13(7)20;/h2-6,17H,1H3,(H,18,19,21);1H. The van der Waals surface area contributed by atoms with Crippen LogP contribution in [0.4, 0.5) is 0 Å². The van der Waals surface area contributed by atoms with Gasteiger partial charge >= 0.3 is 5.69 Å². The lowest BCUT2D eigenvalue weighted by molar-refractivity contribution is 0.837. The average molecular weight is 358 g/mol. The number of halogens is 3. The van der Waals surface area contributed by atoms with Gasteiger partial charge in [0.25, 0.3) is 0 Å². The lowest BCUT2D eigenvalue weighted by Gasteiger charge is -2.12. The third-order valence-electron chi connectivity index (χ3n) is 3.28. The maximum absolute atomic E-state index is 11.3. The average Bonchev–Trinajstić information content (AvgIpc) is 2.44. The summed E-state index contributed by atoms with van der Waals surface area (Å²) >= 11 is 12.4. The molecule has 0 aliphatic heterocycles. The van der Waals surface area contributed by atoms with Gasteiger partial charge in [-0.2, -0.15) is 0 Å². The normalized spacial score (nSPS) is 10.5. The van der Waals surface area contributed by atoms with Gasteiger partial charge < -0.3 is 4.57 Å². The molecule has 0 radical (unpaired) electrons. The molecule has 0 aliphatic rings. The van der Waals surface area contributed by atoms with Crippen LogP contribution >= 0.6 is 35.6 Å². The number of aryl methyl sites for hydroxylation is 1. The lowest BCUT2D eigenvalue weighted by atomic mass is 10.1. The summed E-state index contributed by atoms with van der Waals surface area (Å²) in [6.45, 7) is 0. The minimum Gasteiger partial charge on any atom is -0.315 e. The molecule has 0 amide bonds. The van der Waals surface area contributed by atoms with Gasteiger partial charge in [-0.3, -0.25) is 10.4 Å². The van der Waals surface area contributed by atoms with E-state index in [0.29, 0.717) is 32.2 Å². The molecule has 2 aromatic heterocycles. The van der Waals surface area contributed by atoms with Crippen molar-refractivity contribution >= 4 is 46.6 Å². The van der Waals surface area contributed by atoms with Crippen LogP contribution in [-0.4, -0.2) is 14.5 Å². The van der Waals surface area contributed by atoms with E-state index in [0.717, 1.165) is 0 Å². The molecule has 0 atom stereocenters. The number of fused-ring (bicyclic) bond motifs is 1. The molecule has 114 valence electrons. The second-order valence-electron chi connectivity index (χ2n) is 4.55. The summed E-state index contributed by atoms with van der Waals surface area (Å²) in [4.78, 5) is 17.6. The molecule has 0 bridgehead atoms. The van der Waals surface area contributed by atoms with Crippen LogP contribution in [0, 0.1) is 5.41 Å². The number of aromatic nitrogens is 3. The summed E-state index contributed by atoms with van der Waals surface area (Å²) in [7, 11) is 1.69. The fourth-order valence-corrected chi connectivity index (χ4v) is 2.84. The first-order valence-electron chi connectivity index (χ1n) is 6.07. The predicted molar refractivity (Wildman–Crippen MR) is 89.9 cm³/mol. The smallest absolute Gasteiger partial charge is 0.315 e. The van der Waals surface area contributed by atoms with Crippen LogP contribution in [0.3, 0.4) is 0 Å². The van der Waals surface area contributed by atoms with Gasteiger partial charge in [0, 0.05) is 29.8 Å². The van der Waals surface area contributed by atoms with Gasteiger partial charge in [0.15, 0.2) is 0 Å². The summed E-state index contributed by atoms with van der Waals surface area (Å²) in [6, 6.07) is 6.93. The largest absolute Gasteiger partial charge is 0.346 e. The number of hydrogen-bond acceptors (Lipinski definition) is 3. The molecular weight excluding hydrogens is 347 g/mol. The maximum atomic E-state index is 11.3. The van der Waals surface area contributed by atoms with Gasteiger partial charge in [-0.05, 0) is 18.2 Å². The summed E-state index contributed by atoms with van der Waals surface area (Å²) in [5.74, 6) is 0. The molecule has 1 aromatic carbocycles. The zero-order chi connectivity index (χ0) is 15.1. The van der Waals surface area contributed by atoms with Crippen LogP contribution < -0.4 is 11.2 Å². The Morgan fingerprint density at radius 3 is 2.55 bits per heavy atom. The number of aromatic amines is 1. The van der Waals surface area contributed by atoms with E-state index in [9.17, 15) is 4.79 Å². The second-order valence-corrected chi connectivity index (χ2v) is 5.37. The molecular formula is C14H11Cl3N4O. The zero-order valence-corrected chi connectivity index (χ0v) is 13.7. The van der Waals surface area contributed by atoms with Crippen molar-refractivity contribution in [2.45, 2.75) is 0 Å². The van der Waals surface area contributed by atoms with E-state index in [-0.39, 0.29) is 17.9 Å². The van der Waals surface area contributed by atoms with Gasteiger partial charge in [0.1, 0.15) is 11.1 Å². The summed E-state index contributed by atoms with van der Waals surface area (Å²) in [5, 5.41) is 9.91. The fraction of sp³-hybridized carbons (Fsp3) is 0.0714. The van der Waals surface area contributed by atoms with Crippen LogP contribution in [0.2, 0.25) is 10.0 Å². The van der Waals surface area contributed by atoms with Gasteiger partial charge in [0.2, 0.25) is 0 Å². The molecule has 5 nitrogen and oxygen atoms in total. The molecule has 0 spiro atoms. The first-order chi connectivity index (χ1) is 9.99. The van der Waals surface area contributed by atoms with Gasteiger partial charge in [-0.15, -0.1) is 12.4 Å². The van der Waals surface area contributed by atoms with E-state index in [1.807, 2.05) is 0 Å². The van der Waals surface area contributed by atoms with E-state index in [2.05, 4.69) is 9.97 Å². The number of hydrogen-bond donors (Lipinski definition) is 2. The van der Waals surface area contributed by atoms with Crippen molar-refractivity contribution in [3.8, 4) is 11.1 Å². The highest BCUT2D eigenvalue weighted by Crippen LogP contribution is 2.33. The van der Waals surface area contributed by atoms with Crippen molar-refractivity contribution in [2.24, 2.45) is 7.05 Å². The lowest BCUT2D eigenvalue weighted by Crippen LogP contribution is -2.23. The molecule has 3 rings (SSSR count). The molecule has 0 aliphatic carbocycles. The molecule has 22 heavy (non-hydrogen) atoms. The van der Waals surface area contributed by atoms with Crippen molar-refractivity contribution in [1.82, 2.24) is 14.5 Å². The molecule has 0 fully saturated rings. The van der Waals surface area contributed by atoms with Crippen molar-refractivity contribution < 1.29 is 0 Å². The number of nitrogens with one attached hydrogen (secondary N) is 2. The highest BCUT2D eigenvalue weighted by molar-refractivity contribution is 6.39. The Kier molecular flexibility index (Phi) is 4.60. The van der Waals surface area contributed by atoms with Crippen LogP contribution in [-0.2, 0) is 7.05 Å². The quantitative estimate of drug-likeness (QED) is 0.702. The highest BCUT2D eigenvalue weighted by atomic mass is 35.5. The summed E-state index contributed by atoms with van der Waals surface area (Å²) < 4.78 is 1.56. The number of pyridine rings is 1. The summed E-state index contributed by atoms with van der Waals surface area (Å²) in [5.41, 5.74) is 1.43. The van der Waals surface area contributed by atoms with Crippen LogP contribution in [0.15, 0.2) is 35.3 Å². The molecule has 8 heteroatoms. The number of H-pyrrole nitrogens is 1. The molecule has 2 heterocycles. The van der Waals surface area contributed by atoms with E-state index in [1.54, 1.807) is 35.9 Å². The Morgan fingerprint density at radius 2 is 1.91 bits per heavy atom. The second kappa shape index (κ2) is 6.12. The molecule has 3 aromatic rings. The van der Waals surface area contributed by atoms with Gasteiger partial charge in [-0.1, -0.05) is 29.3 Å². The third-order valence-corrected chi connectivity index (χ3v) is 3.91. The van der Waals surface area contributed by atoms with Gasteiger partial charge in [-0.25, -0.2) is 9.78 Å². The Labute approximate surface area is 141 Å². The van der Waals surface area contributed by atoms with Crippen molar-refractivity contribution in [2.75, 3.05) is 0 Å². The Morgan fingerprint density at radius 1 is 1.27 bits per heavy atom. The monoisotopic (exact) mass is 356 g/mol. The Balaban J connectivity index is 0.00000176. The van der Waals surface area contributed by atoms with Crippen molar-refractivity contribution in [3.63, 3.8) is 0 Å². The number of benzene rings is 1. The van der Waals surface area contributed by atoms with E-state index < -0.39 is 5.69 Å². The molecule has 0 saturated heterocycles. The van der Waals surface area contributed by atoms with Crippen molar-refractivity contribution in [1.29, 1.82) is 5.41 Å². The predicted octanol–water partition coefficient (Wildman–Crippen LogP) is 3.14. The third kappa shape index (κ3) is 2.63. The minimum absolute atomic E-state index is 0. The topological polar surface area (TPSA) is 74.5 Å². The minimum atomic E-state index is -0.457. The van der Waals surface area contributed by atoms with E-state index >= 15 is 0 Å². The zero-order valence-electron chi connectivity index (χ0n) is 11.4. The van der Waals surface area contributed by atoms with Crippen LogP contribution in [0.5, 0.6) is 0 Å². The maximum Gasteiger partial charge on any atom is 0.346 e. The van der Waals surface area contributed by atoms with Crippen LogP contribution in [0.25, 0.3) is 22.2 Å². The molecule has 0 unspecified atom stereocenters. The van der Waals surface area contributed by atoms with Crippen LogP contribution in [0.1, 0.15) is 0 Å². The van der Waals surface area contributed by atoms with Gasteiger partial charge in [0.05, 0.1) is 10.0 Å². The van der Waals surface area contributed by atoms with E-state index in [4.69, 9.17) is 28.6 Å².